The molecule has 1 saturated heterocycles. The van der Waals surface area contributed by atoms with Crippen LogP contribution in [0.15, 0.2) is 25.0 Å². The van der Waals surface area contributed by atoms with Gasteiger partial charge in [-0.1, -0.05) is 0 Å². The van der Waals surface area contributed by atoms with Gasteiger partial charge in [-0.2, -0.15) is 10.2 Å². The lowest BCUT2D eigenvalue weighted by atomic mass is 10.0. The van der Waals surface area contributed by atoms with Gasteiger partial charge < -0.3 is 4.90 Å². The first-order valence-electron chi connectivity index (χ1n) is 7.84. The Hall–Kier alpha value is -2.18. The molecule has 3 atom stereocenters. The number of carbonyl (C=O) groups excluding carboxylic acids is 1. The van der Waals surface area contributed by atoms with E-state index >= 15 is 0 Å². The molecule has 7 nitrogen and oxygen atoms in total. The Morgan fingerprint density at radius 1 is 1.36 bits per heavy atom. The van der Waals surface area contributed by atoms with Gasteiger partial charge in [-0.05, 0) is 30.7 Å². The maximum absolute atomic E-state index is 12.7. The Morgan fingerprint density at radius 3 is 3.00 bits per heavy atom. The summed E-state index contributed by atoms with van der Waals surface area (Å²) in [6, 6.07) is 0.260. The van der Waals surface area contributed by atoms with E-state index in [4.69, 9.17) is 0 Å². The van der Waals surface area contributed by atoms with E-state index in [0.29, 0.717) is 11.8 Å². The molecule has 1 aliphatic carbocycles. The summed E-state index contributed by atoms with van der Waals surface area (Å²) in [6.07, 6.45) is 10.2. The highest BCUT2D eigenvalue weighted by Gasteiger charge is 2.47. The standard InChI is InChI=1S/C15H20N6O/c1-19-7-11(6-17-19)13-5-14(13)15(22)20-4-2-3-12(8-20)21-10-16-9-18-21/h6-7,9-10,12-14H,2-5,8H2,1H3. The van der Waals surface area contributed by atoms with Crippen molar-refractivity contribution in [2.45, 2.75) is 31.2 Å². The minimum atomic E-state index is 0.138. The second kappa shape index (κ2) is 5.23. The SMILES string of the molecule is Cn1cc(C2CC2C(=O)N2CCCC(n3cncn3)C2)cn1. The summed E-state index contributed by atoms with van der Waals surface area (Å²) in [5.74, 6) is 0.783. The first-order valence-corrected chi connectivity index (χ1v) is 7.84. The van der Waals surface area contributed by atoms with Gasteiger partial charge >= 0.3 is 0 Å². The molecule has 1 aliphatic heterocycles. The van der Waals surface area contributed by atoms with Gasteiger partial charge in [0.25, 0.3) is 0 Å². The highest BCUT2D eigenvalue weighted by Crippen LogP contribution is 2.48. The lowest BCUT2D eigenvalue weighted by Crippen LogP contribution is -2.41. The molecule has 0 aromatic carbocycles. The lowest BCUT2D eigenvalue weighted by molar-refractivity contribution is -0.134. The van der Waals surface area contributed by atoms with Crippen molar-refractivity contribution in [1.82, 2.24) is 29.4 Å². The molecule has 3 unspecified atom stereocenters. The van der Waals surface area contributed by atoms with Gasteiger partial charge in [-0.15, -0.1) is 0 Å². The van der Waals surface area contributed by atoms with Gasteiger partial charge in [0.15, 0.2) is 0 Å². The van der Waals surface area contributed by atoms with Crippen molar-refractivity contribution < 1.29 is 4.79 Å². The number of carbonyl (C=O) groups is 1. The van der Waals surface area contributed by atoms with E-state index in [-0.39, 0.29) is 12.0 Å². The predicted molar refractivity (Wildman–Crippen MR) is 78.9 cm³/mol. The zero-order valence-electron chi connectivity index (χ0n) is 12.7. The molecule has 0 bridgehead atoms. The summed E-state index contributed by atoms with van der Waals surface area (Å²) >= 11 is 0. The van der Waals surface area contributed by atoms with Crippen LogP contribution in [-0.4, -0.2) is 48.4 Å². The highest BCUT2D eigenvalue weighted by molar-refractivity contribution is 5.83. The number of aromatic nitrogens is 5. The molecule has 1 amide bonds. The van der Waals surface area contributed by atoms with Crippen molar-refractivity contribution in [3.63, 3.8) is 0 Å². The first-order chi connectivity index (χ1) is 10.7. The van der Waals surface area contributed by atoms with Crippen LogP contribution in [0.25, 0.3) is 0 Å². The maximum Gasteiger partial charge on any atom is 0.226 e. The number of rotatable bonds is 3. The van der Waals surface area contributed by atoms with E-state index in [2.05, 4.69) is 15.2 Å². The van der Waals surface area contributed by atoms with Gasteiger partial charge in [0.2, 0.25) is 5.91 Å². The molecule has 2 aromatic heterocycles. The molecule has 0 spiro atoms. The van der Waals surface area contributed by atoms with E-state index < -0.39 is 0 Å². The fraction of sp³-hybridized carbons (Fsp3) is 0.600. The molecule has 2 fully saturated rings. The van der Waals surface area contributed by atoms with Crippen LogP contribution in [0.4, 0.5) is 0 Å². The molecular formula is C15H20N6O. The monoisotopic (exact) mass is 300 g/mol. The summed E-state index contributed by atoms with van der Waals surface area (Å²) in [4.78, 5) is 18.7. The third-order valence-corrected chi connectivity index (χ3v) is 4.78. The minimum Gasteiger partial charge on any atom is -0.340 e. The van der Waals surface area contributed by atoms with E-state index in [1.165, 1.54) is 5.56 Å². The van der Waals surface area contributed by atoms with Crippen LogP contribution < -0.4 is 0 Å². The quantitative estimate of drug-likeness (QED) is 0.847. The Morgan fingerprint density at radius 2 is 2.27 bits per heavy atom. The molecule has 0 radical (unpaired) electrons. The number of amides is 1. The van der Waals surface area contributed by atoms with Crippen molar-refractivity contribution in [2.75, 3.05) is 13.1 Å². The molecular weight excluding hydrogens is 280 g/mol. The molecule has 7 heteroatoms. The number of aryl methyl sites for hydroxylation is 1. The van der Waals surface area contributed by atoms with Crippen LogP contribution in [0.5, 0.6) is 0 Å². The van der Waals surface area contributed by atoms with E-state index in [1.54, 1.807) is 17.3 Å². The topological polar surface area (TPSA) is 68.8 Å². The number of nitrogens with zero attached hydrogens (tertiary/aromatic N) is 6. The lowest BCUT2D eigenvalue weighted by Gasteiger charge is -2.32. The number of hydrogen-bond acceptors (Lipinski definition) is 4. The normalized spacial score (nSPS) is 27.9. The maximum atomic E-state index is 12.7. The van der Waals surface area contributed by atoms with Crippen molar-refractivity contribution in [1.29, 1.82) is 0 Å². The van der Waals surface area contributed by atoms with Crippen LogP contribution in [0.1, 0.15) is 36.8 Å². The van der Waals surface area contributed by atoms with Crippen molar-refractivity contribution >= 4 is 5.91 Å². The van der Waals surface area contributed by atoms with Crippen molar-refractivity contribution in [2.24, 2.45) is 13.0 Å². The minimum absolute atomic E-state index is 0.138. The van der Waals surface area contributed by atoms with Crippen LogP contribution in [-0.2, 0) is 11.8 Å². The Kier molecular flexibility index (Phi) is 3.20. The average molecular weight is 300 g/mol. The Bertz CT molecular complexity index is 663. The number of likely N-dealkylation sites (tertiary alicyclic amines) is 1. The summed E-state index contributed by atoms with van der Waals surface area (Å²) in [6.45, 7) is 1.61. The molecule has 4 rings (SSSR count). The van der Waals surface area contributed by atoms with E-state index in [1.807, 2.05) is 29.0 Å². The summed E-state index contributed by atoms with van der Waals surface area (Å²) < 4.78 is 3.68. The smallest absolute Gasteiger partial charge is 0.226 e. The van der Waals surface area contributed by atoms with Gasteiger partial charge in [0.1, 0.15) is 12.7 Å². The zero-order valence-corrected chi connectivity index (χ0v) is 12.7. The summed E-state index contributed by atoms with van der Waals surface area (Å²) in [7, 11) is 1.91. The first kappa shape index (κ1) is 13.5. The molecule has 116 valence electrons. The van der Waals surface area contributed by atoms with E-state index in [0.717, 1.165) is 32.4 Å². The van der Waals surface area contributed by atoms with Crippen LogP contribution in [0, 0.1) is 5.92 Å². The van der Waals surface area contributed by atoms with Crippen molar-refractivity contribution in [3.8, 4) is 0 Å². The molecule has 0 N–H and O–H groups in total. The number of hydrogen-bond donors (Lipinski definition) is 0. The second-order valence-electron chi connectivity index (χ2n) is 6.35. The number of piperidine rings is 1. The van der Waals surface area contributed by atoms with Crippen molar-refractivity contribution in [3.05, 3.63) is 30.6 Å². The zero-order chi connectivity index (χ0) is 15.1. The fourth-order valence-electron chi connectivity index (χ4n) is 3.48. The van der Waals surface area contributed by atoms with Crippen LogP contribution >= 0.6 is 0 Å². The molecule has 1 saturated carbocycles. The summed E-state index contributed by atoms with van der Waals surface area (Å²) in [5, 5.41) is 8.42. The highest BCUT2D eigenvalue weighted by atomic mass is 16.2. The molecule has 2 aliphatic rings. The second-order valence-corrected chi connectivity index (χ2v) is 6.35. The van der Waals surface area contributed by atoms with E-state index in [9.17, 15) is 4.79 Å². The predicted octanol–water partition coefficient (Wildman–Crippen LogP) is 0.979. The van der Waals surface area contributed by atoms with Gasteiger partial charge in [0, 0.05) is 32.3 Å². The molecule has 22 heavy (non-hydrogen) atoms. The summed E-state index contributed by atoms with van der Waals surface area (Å²) in [5.41, 5.74) is 1.19. The van der Waals surface area contributed by atoms with Crippen LogP contribution in [0.3, 0.4) is 0 Å². The van der Waals surface area contributed by atoms with Gasteiger partial charge in [-0.3, -0.25) is 9.48 Å². The third kappa shape index (κ3) is 2.40. The average Bonchev–Trinajstić information content (AvgIpc) is 2.95. The van der Waals surface area contributed by atoms with Crippen LogP contribution in [0.2, 0.25) is 0 Å². The van der Waals surface area contributed by atoms with Gasteiger partial charge in [-0.25, -0.2) is 9.67 Å². The molecule has 3 heterocycles. The van der Waals surface area contributed by atoms with Gasteiger partial charge in [0.05, 0.1) is 12.2 Å². The Balaban J connectivity index is 1.41. The molecule has 2 aromatic rings. The fourth-order valence-corrected chi connectivity index (χ4v) is 3.48. The third-order valence-electron chi connectivity index (χ3n) is 4.78. The largest absolute Gasteiger partial charge is 0.340 e. The Labute approximate surface area is 128 Å².